The summed E-state index contributed by atoms with van der Waals surface area (Å²) in [5.41, 5.74) is -0.546. The second-order valence-corrected chi connectivity index (χ2v) is 9.50. The molecule has 134 valence electrons. The van der Waals surface area contributed by atoms with Gasteiger partial charge in [0, 0.05) is 12.6 Å². The summed E-state index contributed by atoms with van der Waals surface area (Å²) in [6.07, 6.45) is 0.840. The van der Waals surface area contributed by atoms with Crippen LogP contribution < -0.4 is 10.6 Å². The number of rotatable bonds is 5. The van der Waals surface area contributed by atoms with Crippen molar-refractivity contribution < 1.29 is 22.7 Å². The van der Waals surface area contributed by atoms with Crippen molar-refractivity contribution in [1.29, 1.82) is 0 Å². The molecule has 1 aliphatic carbocycles. The van der Waals surface area contributed by atoms with Crippen molar-refractivity contribution in [2.45, 2.75) is 70.4 Å². The molecule has 0 bridgehead atoms. The van der Waals surface area contributed by atoms with Gasteiger partial charge in [0.2, 0.25) is 0 Å². The monoisotopic (exact) mass is 348 g/mol. The third-order valence-corrected chi connectivity index (χ3v) is 5.83. The largest absolute Gasteiger partial charge is 0.444 e. The van der Waals surface area contributed by atoms with Crippen LogP contribution in [0.4, 0.5) is 4.79 Å². The minimum absolute atomic E-state index is 0.0109. The van der Waals surface area contributed by atoms with Crippen molar-refractivity contribution in [2.24, 2.45) is 0 Å². The SMILES string of the molecule is CCOC1CC(NC(=O)OC(C)(C)C)C1NC1CCS(=O)(=O)C1. The molecule has 23 heavy (non-hydrogen) atoms. The Morgan fingerprint density at radius 1 is 1.30 bits per heavy atom. The fourth-order valence-corrected chi connectivity index (χ4v) is 4.71. The van der Waals surface area contributed by atoms with Crippen LogP contribution in [0.3, 0.4) is 0 Å². The molecule has 2 rings (SSSR count). The topological polar surface area (TPSA) is 93.7 Å². The van der Waals surface area contributed by atoms with E-state index in [0.717, 1.165) is 0 Å². The van der Waals surface area contributed by atoms with Crippen molar-refractivity contribution in [3.8, 4) is 0 Å². The molecule has 7 nitrogen and oxygen atoms in total. The molecule has 0 aromatic carbocycles. The zero-order valence-corrected chi connectivity index (χ0v) is 15.1. The second kappa shape index (κ2) is 6.94. The van der Waals surface area contributed by atoms with E-state index >= 15 is 0 Å². The zero-order valence-electron chi connectivity index (χ0n) is 14.3. The molecule has 2 aliphatic rings. The summed E-state index contributed by atoms with van der Waals surface area (Å²) in [4.78, 5) is 11.9. The average molecular weight is 348 g/mol. The summed E-state index contributed by atoms with van der Waals surface area (Å²) < 4.78 is 34.1. The van der Waals surface area contributed by atoms with Gasteiger partial charge in [-0.2, -0.15) is 0 Å². The van der Waals surface area contributed by atoms with E-state index in [-0.39, 0.29) is 35.7 Å². The molecule has 0 spiro atoms. The van der Waals surface area contributed by atoms with Gasteiger partial charge in [-0.25, -0.2) is 13.2 Å². The summed E-state index contributed by atoms with van der Waals surface area (Å²) >= 11 is 0. The number of alkyl carbamates (subject to hydrolysis) is 1. The Bertz CT molecular complexity index is 528. The van der Waals surface area contributed by atoms with E-state index in [1.165, 1.54) is 0 Å². The maximum atomic E-state index is 11.9. The first-order valence-corrected chi connectivity index (χ1v) is 9.99. The maximum Gasteiger partial charge on any atom is 0.407 e. The highest BCUT2D eigenvalue weighted by molar-refractivity contribution is 7.91. The first-order valence-electron chi connectivity index (χ1n) is 8.17. The number of sulfone groups is 1. The van der Waals surface area contributed by atoms with E-state index in [1.807, 2.05) is 27.7 Å². The minimum Gasteiger partial charge on any atom is -0.444 e. The summed E-state index contributed by atoms with van der Waals surface area (Å²) in [5, 5.41) is 6.20. The van der Waals surface area contributed by atoms with Gasteiger partial charge in [0.25, 0.3) is 0 Å². The molecule has 4 atom stereocenters. The smallest absolute Gasteiger partial charge is 0.407 e. The van der Waals surface area contributed by atoms with Gasteiger partial charge in [0.1, 0.15) is 5.60 Å². The Hall–Kier alpha value is -0.860. The second-order valence-electron chi connectivity index (χ2n) is 7.27. The molecule has 2 fully saturated rings. The van der Waals surface area contributed by atoms with Crippen LogP contribution in [0.2, 0.25) is 0 Å². The number of hydrogen-bond donors (Lipinski definition) is 2. The number of nitrogens with one attached hydrogen (secondary N) is 2. The van der Waals surface area contributed by atoms with Gasteiger partial charge in [0.05, 0.1) is 29.7 Å². The summed E-state index contributed by atoms with van der Waals surface area (Å²) in [7, 11) is -2.93. The van der Waals surface area contributed by atoms with Crippen molar-refractivity contribution in [2.75, 3.05) is 18.1 Å². The molecular weight excluding hydrogens is 320 g/mol. The van der Waals surface area contributed by atoms with E-state index in [9.17, 15) is 13.2 Å². The predicted octanol–water partition coefficient (Wildman–Crippen LogP) is 0.834. The zero-order chi connectivity index (χ0) is 17.3. The molecule has 1 amide bonds. The number of ether oxygens (including phenoxy) is 2. The third kappa shape index (κ3) is 5.32. The number of amides is 1. The molecule has 8 heteroatoms. The Labute approximate surface area is 138 Å². The molecule has 0 radical (unpaired) electrons. The quantitative estimate of drug-likeness (QED) is 0.764. The minimum atomic E-state index is -2.93. The average Bonchev–Trinajstić information content (AvgIpc) is 2.72. The van der Waals surface area contributed by atoms with Gasteiger partial charge in [-0.1, -0.05) is 0 Å². The van der Waals surface area contributed by atoms with Crippen LogP contribution in [0.25, 0.3) is 0 Å². The van der Waals surface area contributed by atoms with E-state index in [2.05, 4.69) is 10.6 Å². The van der Waals surface area contributed by atoms with Gasteiger partial charge in [0.15, 0.2) is 9.84 Å². The van der Waals surface area contributed by atoms with Crippen LogP contribution in [0.5, 0.6) is 0 Å². The summed E-state index contributed by atoms with van der Waals surface area (Å²) in [6.45, 7) is 7.96. The molecule has 2 N–H and O–H groups in total. The highest BCUT2D eigenvalue weighted by atomic mass is 32.2. The van der Waals surface area contributed by atoms with Crippen LogP contribution in [-0.4, -0.2) is 62.5 Å². The van der Waals surface area contributed by atoms with Crippen molar-refractivity contribution in [3.05, 3.63) is 0 Å². The lowest BCUT2D eigenvalue weighted by molar-refractivity contribution is -0.0458. The van der Waals surface area contributed by atoms with Gasteiger partial charge in [-0.15, -0.1) is 0 Å². The predicted molar refractivity (Wildman–Crippen MR) is 87.2 cm³/mol. The normalized spacial score (nSPS) is 33.0. The van der Waals surface area contributed by atoms with E-state index in [1.54, 1.807) is 0 Å². The Morgan fingerprint density at radius 3 is 2.52 bits per heavy atom. The van der Waals surface area contributed by atoms with Crippen molar-refractivity contribution in [3.63, 3.8) is 0 Å². The highest BCUT2D eigenvalue weighted by Crippen LogP contribution is 2.27. The summed E-state index contributed by atoms with van der Waals surface area (Å²) in [5.74, 6) is 0.377. The first-order chi connectivity index (χ1) is 10.6. The van der Waals surface area contributed by atoms with Gasteiger partial charge in [-0.3, -0.25) is 0 Å². The van der Waals surface area contributed by atoms with E-state index < -0.39 is 21.5 Å². The molecule has 1 aliphatic heterocycles. The van der Waals surface area contributed by atoms with Crippen LogP contribution in [0.1, 0.15) is 40.5 Å². The maximum absolute atomic E-state index is 11.9. The standard InChI is InChI=1S/C15H28N2O5S/c1-5-21-12-8-11(17-14(18)22-15(2,3)4)13(12)16-10-6-7-23(19,20)9-10/h10-13,16H,5-9H2,1-4H3,(H,17,18). The van der Waals surface area contributed by atoms with Crippen molar-refractivity contribution in [1.82, 2.24) is 10.6 Å². The molecule has 1 saturated carbocycles. The number of carbonyl (C=O) groups is 1. The first kappa shape index (κ1) is 18.5. The number of hydrogen-bond acceptors (Lipinski definition) is 6. The molecule has 0 aromatic heterocycles. The lowest BCUT2D eigenvalue weighted by atomic mass is 9.82. The van der Waals surface area contributed by atoms with Crippen LogP contribution >= 0.6 is 0 Å². The van der Waals surface area contributed by atoms with Crippen molar-refractivity contribution >= 4 is 15.9 Å². The molecule has 1 saturated heterocycles. The highest BCUT2D eigenvalue weighted by Gasteiger charge is 2.45. The number of carbonyl (C=O) groups excluding carboxylic acids is 1. The fourth-order valence-electron chi connectivity index (χ4n) is 3.02. The molecule has 0 aromatic rings. The molecule has 4 unspecified atom stereocenters. The Kier molecular flexibility index (Phi) is 5.58. The van der Waals surface area contributed by atoms with Gasteiger partial charge in [-0.05, 0) is 40.5 Å². The Balaban J connectivity index is 1.91. The van der Waals surface area contributed by atoms with Gasteiger partial charge < -0.3 is 20.1 Å². The summed E-state index contributed by atoms with van der Waals surface area (Å²) in [6, 6.07) is -0.262. The Morgan fingerprint density at radius 2 is 2.00 bits per heavy atom. The van der Waals surface area contributed by atoms with Crippen LogP contribution in [-0.2, 0) is 19.3 Å². The fraction of sp³-hybridized carbons (Fsp3) is 0.933. The lowest BCUT2D eigenvalue weighted by Gasteiger charge is -2.46. The van der Waals surface area contributed by atoms with Crippen LogP contribution in [0, 0.1) is 0 Å². The molecule has 1 heterocycles. The lowest BCUT2D eigenvalue weighted by Crippen LogP contribution is -2.67. The van der Waals surface area contributed by atoms with Crippen LogP contribution in [0.15, 0.2) is 0 Å². The molecular formula is C15H28N2O5S. The van der Waals surface area contributed by atoms with E-state index in [4.69, 9.17) is 9.47 Å². The van der Waals surface area contributed by atoms with Gasteiger partial charge >= 0.3 is 6.09 Å². The van der Waals surface area contributed by atoms with E-state index in [0.29, 0.717) is 19.4 Å². The third-order valence-electron chi connectivity index (χ3n) is 4.06.